The summed E-state index contributed by atoms with van der Waals surface area (Å²) in [5, 5.41) is 9.00. The van der Waals surface area contributed by atoms with Gasteiger partial charge >= 0.3 is 5.97 Å². The van der Waals surface area contributed by atoms with Crippen LogP contribution >= 0.6 is 0 Å². The summed E-state index contributed by atoms with van der Waals surface area (Å²) >= 11 is 0. The van der Waals surface area contributed by atoms with E-state index in [2.05, 4.69) is 0 Å². The Balaban J connectivity index is 1.88. The van der Waals surface area contributed by atoms with Gasteiger partial charge in [0.25, 0.3) is 5.91 Å². The van der Waals surface area contributed by atoms with Crippen LogP contribution in [0.3, 0.4) is 0 Å². The first kappa shape index (κ1) is 20.9. The van der Waals surface area contributed by atoms with Gasteiger partial charge in [-0.15, -0.1) is 0 Å². The minimum absolute atomic E-state index is 0.000500. The molecule has 0 aliphatic rings. The van der Waals surface area contributed by atoms with Crippen molar-refractivity contribution in [3.8, 4) is 11.1 Å². The van der Waals surface area contributed by atoms with Gasteiger partial charge in [-0.3, -0.25) is 14.4 Å². The number of hydrogen-bond donors (Lipinski definition) is 2. The van der Waals surface area contributed by atoms with E-state index in [9.17, 15) is 14.4 Å². The zero-order valence-electron chi connectivity index (χ0n) is 16.2. The van der Waals surface area contributed by atoms with Gasteiger partial charge in [-0.2, -0.15) is 0 Å². The quantitative estimate of drug-likeness (QED) is 0.566. The number of amides is 2. The van der Waals surface area contributed by atoms with Crippen LogP contribution in [0.2, 0.25) is 0 Å². The molecule has 2 aromatic carbocycles. The average Bonchev–Trinajstić information content (AvgIpc) is 3.26. The number of nitrogens with zero attached hydrogens (tertiary/aromatic N) is 1. The van der Waals surface area contributed by atoms with Crippen molar-refractivity contribution in [1.82, 2.24) is 4.90 Å². The Kier molecular flexibility index (Phi) is 6.64. The van der Waals surface area contributed by atoms with Crippen LogP contribution in [0.15, 0.2) is 77.4 Å². The van der Waals surface area contributed by atoms with E-state index in [1.165, 1.54) is 11.2 Å². The summed E-state index contributed by atoms with van der Waals surface area (Å²) in [7, 11) is 0. The Morgan fingerprint density at radius 3 is 2.17 bits per heavy atom. The van der Waals surface area contributed by atoms with Gasteiger partial charge < -0.3 is 20.2 Å². The molecule has 154 valence electrons. The molecule has 3 aromatic rings. The van der Waals surface area contributed by atoms with E-state index in [0.29, 0.717) is 11.3 Å². The van der Waals surface area contributed by atoms with E-state index in [1.807, 2.05) is 42.5 Å². The fourth-order valence-corrected chi connectivity index (χ4v) is 3.21. The lowest BCUT2D eigenvalue weighted by molar-refractivity contribution is -0.137. The van der Waals surface area contributed by atoms with Gasteiger partial charge in [-0.25, -0.2) is 0 Å². The Labute approximate surface area is 173 Å². The van der Waals surface area contributed by atoms with Crippen LogP contribution in [0.25, 0.3) is 11.1 Å². The van der Waals surface area contributed by atoms with Crippen molar-refractivity contribution in [1.29, 1.82) is 0 Å². The van der Waals surface area contributed by atoms with Gasteiger partial charge in [0.15, 0.2) is 0 Å². The third-order valence-corrected chi connectivity index (χ3v) is 4.74. The van der Waals surface area contributed by atoms with Crippen molar-refractivity contribution in [2.75, 3.05) is 0 Å². The molecule has 3 N–H and O–H groups in total. The predicted molar refractivity (Wildman–Crippen MR) is 110 cm³/mol. The molecule has 0 aliphatic carbocycles. The van der Waals surface area contributed by atoms with E-state index in [-0.39, 0.29) is 19.4 Å². The van der Waals surface area contributed by atoms with Crippen molar-refractivity contribution in [2.45, 2.75) is 25.4 Å². The van der Waals surface area contributed by atoms with Crippen LogP contribution in [-0.2, 0) is 16.1 Å². The van der Waals surface area contributed by atoms with E-state index in [0.717, 1.165) is 11.1 Å². The van der Waals surface area contributed by atoms with Gasteiger partial charge in [-0.1, -0.05) is 42.5 Å². The van der Waals surface area contributed by atoms with E-state index in [4.69, 9.17) is 15.3 Å². The first-order chi connectivity index (χ1) is 14.5. The third kappa shape index (κ3) is 5.14. The summed E-state index contributed by atoms with van der Waals surface area (Å²) < 4.78 is 5.32. The van der Waals surface area contributed by atoms with Crippen LogP contribution in [0.4, 0.5) is 0 Å². The fourth-order valence-electron chi connectivity index (χ4n) is 3.21. The van der Waals surface area contributed by atoms with Crippen molar-refractivity contribution in [3.63, 3.8) is 0 Å². The molecule has 7 nitrogen and oxygen atoms in total. The number of carboxylic acid groups (broad SMARTS) is 1. The molecule has 0 saturated carbocycles. The number of carbonyl (C=O) groups is 3. The highest BCUT2D eigenvalue weighted by molar-refractivity contribution is 5.97. The Morgan fingerprint density at radius 2 is 1.60 bits per heavy atom. The lowest BCUT2D eigenvalue weighted by atomic mass is 10.0. The van der Waals surface area contributed by atoms with Crippen LogP contribution < -0.4 is 5.73 Å². The molecular weight excluding hydrogens is 384 g/mol. The lowest BCUT2D eigenvalue weighted by Crippen LogP contribution is -2.47. The summed E-state index contributed by atoms with van der Waals surface area (Å²) in [6, 6.07) is 19.0. The highest BCUT2D eigenvalue weighted by Gasteiger charge is 2.30. The predicted octanol–water partition coefficient (Wildman–Crippen LogP) is 3.31. The van der Waals surface area contributed by atoms with Gasteiger partial charge in [0.2, 0.25) is 5.91 Å². The molecule has 3 rings (SSSR count). The molecule has 0 aliphatic heterocycles. The number of hydrogen-bond acceptors (Lipinski definition) is 4. The second-order valence-corrected chi connectivity index (χ2v) is 6.81. The smallest absolute Gasteiger partial charge is 0.303 e. The Morgan fingerprint density at radius 1 is 0.933 bits per heavy atom. The third-order valence-electron chi connectivity index (χ3n) is 4.74. The summed E-state index contributed by atoms with van der Waals surface area (Å²) in [6.45, 7) is -0.000500. The normalized spacial score (nSPS) is 11.6. The standard InChI is InChI=1S/C23H22N2O5/c24-22(28)20(12-13-21(26)27)25(15-19-7-4-14-30-19)23(29)18-10-8-17(9-11-18)16-5-2-1-3-6-16/h1-11,14,20H,12-13,15H2,(H2,24,28)(H,26,27)/t20-/m0/s1. The number of primary amides is 1. The van der Waals surface area contributed by atoms with E-state index >= 15 is 0 Å². The van der Waals surface area contributed by atoms with Gasteiger partial charge in [-0.05, 0) is 41.8 Å². The second-order valence-electron chi connectivity index (χ2n) is 6.81. The van der Waals surface area contributed by atoms with Crippen LogP contribution in [0.5, 0.6) is 0 Å². The van der Waals surface area contributed by atoms with Crippen molar-refractivity contribution < 1.29 is 23.9 Å². The summed E-state index contributed by atoms with van der Waals surface area (Å²) in [6.07, 6.45) is 1.09. The molecule has 0 saturated heterocycles. The number of carboxylic acids is 1. The highest BCUT2D eigenvalue weighted by atomic mass is 16.4. The Hall–Kier alpha value is -3.87. The SMILES string of the molecule is NC(=O)[C@H](CCC(=O)O)N(Cc1ccco1)C(=O)c1ccc(-c2ccccc2)cc1. The van der Waals surface area contributed by atoms with Gasteiger partial charge in [0.05, 0.1) is 12.8 Å². The summed E-state index contributed by atoms with van der Waals surface area (Å²) in [4.78, 5) is 37.6. The van der Waals surface area contributed by atoms with Crippen LogP contribution in [0, 0.1) is 0 Å². The molecule has 2 amide bonds. The number of carbonyl (C=O) groups excluding carboxylic acids is 2. The number of furan rings is 1. The molecule has 1 atom stereocenters. The minimum atomic E-state index is -1.08. The van der Waals surface area contributed by atoms with Crippen LogP contribution in [-0.4, -0.2) is 33.8 Å². The number of nitrogens with two attached hydrogens (primary N) is 1. The second kappa shape index (κ2) is 9.56. The number of aliphatic carboxylic acids is 1. The number of benzene rings is 2. The largest absolute Gasteiger partial charge is 0.481 e. The van der Waals surface area contributed by atoms with Gasteiger partial charge in [0, 0.05) is 12.0 Å². The molecule has 0 bridgehead atoms. The zero-order valence-corrected chi connectivity index (χ0v) is 16.2. The van der Waals surface area contributed by atoms with E-state index in [1.54, 1.807) is 24.3 Å². The first-order valence-corrected chi connectivity index (χ1v) is 9.45. The maximum absolute atomic E-state index is 13.2. The first-order valence-electron chi connectivity index (χ1n) is 9.45. The molecule has 0 radical (unpaired) electrons. The topological polar surface area (TPSA) is 114 Å². The average molecular weight is 406 g/mol. The van der Waals surface area contributed by atoms with E-state index < -0.39 is 23.8 Å². The lowest BCUT2D eigenvalue weighted by Gasteiger charge is -2.29. The highest BCUT2D eigenvalue weighted by Crippen LogP contribution is 2.22. The molecule has 0 unspecified atom stereocenters. The summed E-state index contributed by atoms with van der Waals surface area (Å²) in [5.41, 5.74) is 7.84. The maximum Gasteiger partial charge on any atom is 0.303 e. The monoisotopic (exact) mass is 406 g/mol. The van der Waals surface area contributed by atoms with Crippen LogP contribution in [0.1, 0.15) is 29.0 Å². The van der Waals surface area contributed by atoms with Crippen molar-refractivity contribution >= 4 is 17.8 Å². The molecule has 7 heteroatoms. The molecule has 30 heavy (non-hydrogen) atoms. The zero-order chi connectivity index (χ0) is 21.5. The molecule has 1 aromatic heterocycles. The molecule has 1 heterocycles. The fraction of sp³-hybridized carbons (Fsp3) is 0.174. The molecule has 0 spiro atoms. The molecular formula is C23H22N2O5. The summed E-state index contributed by atoms with van der Waals surface area (Å²) in [5.74, 6) is -1.80. The maximum atomic E-state index is 13.2. The minimum Gasteiger partial charge on any atom is -0.481 e. The Bertz CT molecular complexity index is 998. The van der Waals surface area contributed by atoms with Gasteiger partial charge in [0.1, 0.15) is 11.8 Å². The van der Waals surface area contributed by atoms with Crippen molar-refractivity contribution in [2.24, 2.45) is 5.73 Å². The molecule has 0 fully saturated rings. The number of rotatable bonds is 9. The van der Waals surface area contributed by atoms with Crippen molar-refractivity contribution in [3.05, 3.63) is 84.3 Å².